The van der Waals surface area contributed by atoms with E-state index < -0.39 is 40.3 Å². The summed E-state index contributed by atoms with van der Waals surface area (Å²) in [6, 6.07) is 14.0. The van der Waals surface area contributed by atoms with Crippen molar-refractivity contribution in [3.63, 3.8) is 0 Å². The Bertz CT molecular complexity index is 1270. The van der Waals surface area contributed by atoms with E-state index in [1.165, 1.54) is 38.5 Å². The molecule has 13 heteroatoms. The third-order valence-corrected chi connectivity index (χ3v) is 8.34. The number of carbonyl (C=O) groups excluding carboxylic acids is 2. The number of methoxy groups -OCH3 is 2. The summed E-state index contributed by atoms with van der Waals surface area (Å²) in [4.78, 5) is 24.4. The van der Waals surface area contributed by atoms with Crippen LogP contribution >= 0.6 is 0 Å². The first-order valence-electron chi connectivity index (χ1n) is 13.3. The average molecular weight is 607 g/mol. The Morgan fingerprint density at radius 1 is 1.07 bits per heavy atom. The van der Waals surface area contributed by atoms with Crippen LogP contribution in [0.1, 0.15) is 18.4 Å². The highest BCUT2D eigenvalue weighted by molar-refractivity contribution is 7.89. The molecule has 1 amide bonds. The van der Waals surface area contributed by atoms with Gasteiger partial charge in [-0.05, 0) is 42.7 Å². The van der Waals surface area contributed by atoms with E-state index in [1.807, 2.05) is 30.3 Å². The number of aliphatic hydroxyl groups is 1. The molecule has 12 nitrogen and oxygen atoms in total. The van der Waals surface area contributed by atoms with Gasteiger partial charge in [-0.3, -0.25) is 4.79 Å². The van der Waals surface area contributed by atoms with Crippen LogP contribution in [-0.4, -0.2) is 95.5 Å². The van der Waals surface area contributed by atoms with E-state index in [-0.39, 0.29) is 57.3 Å². The number of sulfonamides is 1. The van der Waals surface area contributed by atoms with Crippen molar-refractivity contribution >= 4 is 22.1 Å². The normalized spacial score (nSPS) is 15.4. The van der Waals surface area contributed by atoms with E-state index in [1.54, 1.807) is 0 Å². The predicted molar refractivity (Wildman–Crippen MR) is 152 cm³/mol. The van der Waals surface area contributed by atoms with Crippen LogP contribution in [-0.2, 0) is 40.2 Å². The minimum atomic E-state index is -4.15. The highest BCUT2D eigenvalue weighted by atomic mass is 32.2. The lowest BCUT2D eigenvalue weighted by atomic mass is 10.0. The standard InChI is InChI=1S/C29H38N2O10S/c1-21(9-14-28(33)38-3)16-31(42(35,36)25-12-10-23(37-2)11-13-25)17-27(32)26(15-22-7-5-4-6-8-22)30-29(34)41-24-18-39-20-40-19-24/h4-8,10-13,24,26-27,32H,1,9,14-20H2,2-3H3,(H,30,34)/t26-,27+/m0/s1. The number of esters is 1. The second-order valence-electron chi connectivity index (χ2n) is 9.69. The molecule has 42 heavy (non-hydrogen) atoms. The SMILES string of the molecule is C=C(CCC(=O)OC)CN(C[C@@H](O)[C@H](Cc1ccccc1)NC(=O)OC1COCOC1)S(=O)(=O)c1ccc(OC)cc1. The van der Waals surface area contributed by atoms with Gasteiger partial charge in [0, 0.05) is 19.5 Å². The van der Waals surface area contributed by atoms with Gasteiger partial charge in [-0.2, -0.15) is 4.31 Å². The molecule has 2 atom stereocenters. The molecule has 0 aliphatic carbocycles. The predicted octanol–water partition coefficient (Wildman–Crippen LogP) is 2.27. The summed E-state index contributed by atoms with van der Waals surface area (Å²) in [5.74, 6) is 0.0163. The van der Waals surface area contributed by atoms with E-state index in [0.29, 0.717) is 11.3 Å². The monoisotopic (exact) mass is 606 g/mol. The Morgan fingerprint density at radius 3 is 2.36 bits per heavy atom. The first-order valence-corrected chi connectivity index (χ1v) is 14.8. The maximum atomic E-state index is 13.8. The zero-order valence-corrected chi connectivity index (χ0v) is 24.6. The van der Waals surface area contributed by atoms with Gasteiger partial charge in [-0.15, -0.1) is 0 Å². The first-order chi connectivity index (χ1) is 20.1. The molecule has 0 saturated carbocycles. The second-order valence-corrected chi connectivity index (χ2v) is 11.6. The van der Waals surface area contributed by atoms with Crippen molar-refractivity contribution in [2.45, 2.75) is 42.4 Å². The van der Waals surface area contributed by atoms with Gasteiger partial charge in [0.2, 0.25) is 10.0 Å². The van der Waals surface area contributed by atoms with Gasteiger partial charge in [0.1, 0.15) is 12.5 Å². The molecule has 1 fully saturated rings. The Hall–Kier alpha value is -3.49. The van der Waals surface area contributed by atoms with Crippen LogP contribution in [0.15, 0.2) is 71.6 Å². The van der Waals surface area contributed by atoms with Gasteiger partial charge in [-0.1, -0.05) is 42.5 Å². The van der Waals surface area contributed by atoms with Crippen molar-refractivity contribution in [3.05, 3.63) is 72.3 Å². The van der Waals surface area contributed by atoms with Crippen molar-refractivity contribution in [1.29, 1.82) is 0 Å². The smallest absolute Gasteiger partial charge is 0.407 e. The number of amides is 1. The zero-order valence-electron chi connectivity index (χ0n) is 23.8. The van der Waals surface area contributed by atoms with Crippen LogP contribution in [0.3, 0.4) is 0 Å². The lowest BCUT2D eigenvalue weighted by molar-refractivity contribution is -0.151. The Kier molecular flexibility index (Phi) is 12.8. The largest absolute Gasteiger partial charge is 0.497 e. The van der Waals surface area contributed by atoms with Crippen LogP contribution in [0, 0.1) is 0 Å². The molecule has 1 saturated heterocycles. The molecule has 1 aliphatic heterocycles. The molecular weight excluding hydrogens is 568 g/mol. The van der Waals surface area contributed by atoms with Gasteiger partial charge in [0.05, 0.1) is 44.5 Å². The number of rotatable bonds is 15. The molecule has 0 bridgehead atoms. The van der Waals surface area contributed by atoms with Crippen molar-refractivity contribution in [3.8, 4) is 5.75 Å². The van der Waals surface area contributed by atoms with Crippen LogP contribution < -0.4 is 10.1 Å². The van der Waals surface area contributed by atoms with Crippen LogP contribution in [0.5, 0.6) is 5.75 Å². The van der Waals surface area contributed by atoms with E-state index in [0.717, 1.165) is 9.87 Å². The van der Waals surface area contributed by atoms with Crippen molar-refractivity contribution in [2.24, 2.45) is 0 Å². The summed E-state index contributed by atoms with van der Waals surface area (Å²) in [7, 11) is -1.42. The van der Waals surface area contributed by atoms with E-state index in [9.17, 15) is 23.1 Å². The molecule has 0 aromatic heterocycles. The topological polar surface area (TPSA) is 150 Å². The average Bonchev–Trinajstić information content (AvgIpc) is 3.00. The van der Waals surface area contributed by atoms with Gasteiger partial charge in [0.25, 0.3) is 0 Å². The molecule has 0 spiro atoms. The number of alkyl carbamates (subject to hydrolysis) is 1. The van der Waals surface area contributed by atoms with Crippen molar-refractivity contribution < 1.29 is 46.8 Å². The third-order valence-electron chi connectivity index (χ3n) is 6.51. The fraction of sp³-hybridized carbons (Fsp3) is 0.448. The number of hydrogen-bond donors (Lipinski definition) is 2. The van der Waals surface area contributed by atoms with Crippen LogP contribution in [0.4, 0.5) is 4.79 Å². The number of ether oxygens (including phenoxy) is 5. The molecular formula is C29H38N2O10S. The Balaban J connectivity index is 1.84. The zero-order chi connectivity index (χ0) is 30.5. The summed E-state index contributed by atoms with van der Waals surface area (Å²) >= 11 is 0. The molecule has 2 aromatic carbocycles. The van der Waals surface area contributed by atoms with Crippen molar-refractivity contribution in [2.75, 3.05) is 47.3 Å². The van der Waals surface area contributed by atoms with Gasteiger partial charge in [-0.25, -0.2) is 13.2 Å². The number of nitrogens with one attached hydrogen (secondary N) is 1. The van der Waals surface area contributed by atoms with E-state index in [2.05, 4.69) is 16.6 Å². The minimum absolute atomic E-state index is 0.0208. The summed E-state index contributed by atoms with van der Waals surface area (Å²) < 4.78 is 54.1. The molecule has 0 unspecified atom stereocenters. The lowest BCUT2D eigenvalue weighted by Crippen LogP contribution is -2.51. The highest BCUT2D eigenvalue weighted by Crippen LogP contribution is 2.22. The quantitative estimate of drug-likeness (QED) is 0.228. The van der Waals surface area contributed by atoms with Crippen LogP contribution in [0.2, 0.25) is 0 Å². The number of hydrogen-bond acceptors (Lipinski definition) is 10. The molecule has 230 valence electrons. The van der Waals surface area contributed by atoms with Gasteiger partial charge >= 0.3 is 12.1 Å². The molecule has 0 radical (unpaired) electrons. The Labute approximate surface area is 246 Å². The van der Waals surface area contributed by atoms with E-state index >= 15 is 0 Å². The second kappa shape index (κ2) is 16.2. The number of aliphatic hydroxyl groups excluding tert-OH is 1. The first kappa shape index (κ1) is 33.0. The number of benzene rings is 2. The molecule has 1 heterocycles. The van der Waals surface area contributed by atoms with E-state index in [4.69, 9.17) is 18.9 Å². The molecule has 3 rings (SSSR count). The third kappa shape index (κ3) is 10.1. The van der Waals surface area contributed by atoms with Gasteiger partial charge in [0.15, 0.2) is 6.10 Å². The maximum Gasteiger partial charge on any atom is 0.407 e. The van der Waals surface area contributed by atoms with Crippen molar-refractivity contribution in [1.82, 2.24) is 9.62 Å². The van der Waals surface area contributed by atoms with Crippen LogP contribution in [0.25, 0.3) is 0 Å². The highest BCUT2D eigenvalue weighted by Gasteiger charge is 2.32. The molecule has 2 N–H and O–H groups in total. The van der Waals surface area contributed by atoms with Gasteiger partial charge < -0.3 is 34.1 Å². The minimum Gasteiger partial charge on any atom is -0.497 e. The number of carbonyl (C=O) groups is 2. The lowest BCUT2D eigenvalue weighted by Gasteiger charge is -2.31. The summed E-state index contributed by atoms with van der Waals surface area (Å²) in [5.41, 5.74) is 1.24. The molecule has 2 aromatic rings. The Morgan fingerprint density at radius 2 is 1.74 bits per heavy atom. The summed E-state index contributed by atoms with van der Waals surface area (Å²) in [5, 5.41) is 14.1. The fourth-order valence-corrected chi connectivity index (χ4v) is 5.69. The number of nitrogens with zero attached hydrogens (tertiary/aromatic N) is 1. The maximum absolute atomic E-state index is 13.8. The summed E-state index contributed by atoms with van der Waals surface area (Å²) in [6.45, 7) is 3.82. The summed E-state index contributed by atoms with van der Waals surface area (Å²) in [6.07, 6.45) is -2.40. The fourth-order valence-electron chi connectivity index (χ4n) is 4.21. The molecule has 1 aliphatic rings.